The first-order valence-electron chi connectivity index (χ1n) is 9.60. The van der Waals surface area contributed by atoms with Crippen LogP contribution in [0, 0.1) is 11.3 Å². The molecule has 2 atom stereocenters. The van der Waals surface area contributed by atoms with E-state index in [0.717, 1.165) is 18.0 Å². The molecule has 21 heavy (non-hydrogen) atoms. The molecule has 0 aromatic heterocycles. The van der Waals surface area contributed by atoms with Crippen LogP contribution >= 0.6 is 0 Å². The normalized spacial score (nSPS) is 33.7. The Morgan fingerprint density at radius 3 is 2.52 bits per heavy atom. The number of nitrogens with zero attached hydrogens (tertiary/aromatic N) is 2. The highest BCUT2D eigenvalue weighted by Crippen LogP contribution is 2.44. The highest BCUT2D eigenvalue weighted by atomic mass is 15.3. The Morgan fingerprint density at radius 1 is 1.10 bits per heavy atom. The minimum atomic E-state index is 0.655. The van der Waals surface area contributed by atoms with Crippen molar-refractivity contribution in [2.75, 3.05) is 26.2 Å². The van der Waals surface area contributed by atoms with Crippen molar-refractivity contribution in [3.63, 3.8) is 0 Å². The van der Waals surface area contributed by atoms with Crippen LogP contribution in [-0.2, 0) is 0 Å². The second-order valence-corrected chi connectivity index (χ2v) is 8.59. The van der Waals surface area contributed by atoms with Crippen LogP contribution in [0.4, 0.5) is 0 Å². The summed E-state index contributed by atoms with van der Waals surface area (Å²) in [6.07, 6.45) is 11.6. The summed E-state index contributed by atoms with van der Waals surface area (Å²) in [5.41, 5.74) is 0.655. The van der Waals surface area contributed by atoms with Crippen molar-refractivity contribution in [1.29, 1.82) is 0 Å². The number of fused-ring (bicyclic) bond motifs is 1. The Morgan fingerprint density at radius 2 is 1.86 bits per heavy atom. The Balaban J connectivity index is 1.68. The first-order valence-corrected chi connectivity index (χ1v) is 9.60. The number of hydrogen-bond donors (Lipinski definition) is 0. The fraction of sp³-hybridized carbons (Fsp3) is 1.00. The van der Waals surface area contributed by atoms with Gasteiger partial charge in [0.2, 0.25) is 0 Å². The minimum Gasteiger partial charge on any atom is -0.298 e. The van der Waals surface area contributed by atoms with Gasteiger partial charge in [-0.05, 0) is 56.4 Å². The maximum absolute atomic E-state index is 2.92. The summed E-state index contributed by atoms with van der Waals surface area (Å²) in [5, 5.41) is 0. The maximum atomic E-state index is 2.92. The van der Waals surface area contributed by atoms with Crippen molar-refractivity contribution in [3.8, 4) is 0 Å². The second-order valence-electron chi connectivity index (χ2n) is 8.59. The van der Waals surface area contributed by atoms with Crippen LogP contribution in [0.25, 0.3) is 0 Å². The smallest absolute Gasteiger partial charge is 0.0224 e. The summed E-state index contributed by atoms with van der Waals surface area (Å²) in [6.45, 7) is 12.7. The molecule has 0 amide bonds. The van der Waals surface area contributed by atoms with E-state index in [-0.39, 0.29) is 0 Å². The minimum absolute atomic E-state index is 0.655. The zero-order valence-corrected chi connectivity index (χ0v) is 14.6. The van der Waals surface area contributed by atoms with Gasteiger partial charge in [0, 0.05) is 31.7 Å². The summed E-state index contributed by atoms with van der Waals surface area (Å²) < 4.78 is 0. The zero-order valence-electron chi connectivity index (χ0n) is 14.6. The molecule has 0 aromatic carbocycles. The van der Waals surface area contributed by atoms with E-state index >= 15 is 0 Å². The van der Waals surface area contributed by atoms with E-state index < -0.39 is 0 Å². The molecule has 2 heterocycles. The maximum Gasteiger partial charge on any atom is 0.0224 e. The third kappa shape index (κ3) is 3.47. The summed E-state index contributed by atoms with van der Waals surface area (Å²) >= 11 is 0. The van der Waals surface area contributed by atoms with Crippen molar-refractivity contribution in [2.45, 2.75) is 84.2 Å². The fourth-order valence-electron chi connectivity index (χ4n) is 5.58. The van der Waals surface area contributed by atoms with Crippen molar-refractivity contribution in [2.24, 2.45) is 11.3 Å². The SMILES string of the molecule is CCC1CN2CCCC2CN1CC1(CC(C)C)CCCC1. The fourth-order valence-corrected chi connectivity index (χ4v) is 5.58. The summed E-state index contributed by atoms with van der Waals surface area (Å²) in [7, 11) is 0. The molecule has 0 bridgehead atoms. The Hall–Kier alpha value is -0.0800. The van der Waals surface area contributed by atoms with E-state index in [9.17, 15) is 0 Å². The predicted octanol–water partition coefficient (Wildman–Crippen LogP) is 4.15. The lowest BCUT2D eigenvalue weighted by atomic mass is 9.77. The van der Waals surface area contributed by atoms with Crippen LogP contribution < -0.4 is 0 Å². The Bertz CT molecular complexity index is 332. The van der Waals surface area contributed by atoms with Crippen molar-refractivity contribution in [1.82, 2.24) is 9.80 Å². The molecule has 2 heteroatoms. The topological polar surface area (TPSA) is 6.48 Å². The van der Waals surface area contributed by atoms with Crippen molar-refractivity contribution < 1.29 is 0 Å². The van der Waals surface area contributed by atoms with Gasteiger partial charge in [0.15, 0.2) is 0 Å². The molecule has 0 aromatic rings. The van der Waals surface area contributed by atoms with Gasteiger partial charge in [0.05, 0.1) is 0 Å². The van der Waals surface area contributed by atoms with Gasteiger partial charge in [-0.25, -0.2) is 0 Å². The van der Waals surface area contributed by atoms with Gasteiger partial charge in [-0.2, -0.15) is 0 Å². The number of piperazine rings is 1. The molecule has 1 saturated carbocycles. The van der Waals surface area contributed by atoms with E-state index in [1.54, 1.807) is 0 Å². The van der Waals surface area contributed by atoms with Gasteiger partial charge in [0.25, 0.3) is 0 Å². The molecule has 2 unspecified atom stereocenters. The lowest BCUT2D eigenvalue weighted by Crippen LogP contribution is -2.57. The van der Waals surface area contributed by atoms with E-state index in [2.05, 4.69) is 30.6 Å². The van der Waals surface area contributed by atoms with Crippen LogP contribution in [0.15, 0.2) is 0 Å². The highest BCUT2D eigenvalue weighted by molar-refractivity contribution is 4.96. The summed E-state index contributed by atoms with van der Waals surface area (Å²) in [4.78, 5) is 5.70. The third-order valence-corrected chi connectivity index (χ3v) is 6.42. The van der Waals surface area contributed by atoms with E-state index in [1.807, 2.05) is 0 Å². The molecule has 2 nitrogen and oxygen atoms in total. The molecule has 3 fully saturated rings. The standard InChI is InChI=1S/C19H36N2/c1-4-17-13-20-11-7-8-18(20)14-21(17)15-19(12-16(2)3)9-5-6-10-19/h16-18H,4-15H2,1-3H3. The van der Waals surface area contributed by atoms with Crippen LogP contribution in [0.5, 0.6) is 0 Å². The highest BCUT2D eigenvalue weighted by Gasteiger charge is 2.41. The van der Waals surface area contributed by atoms with Gasteiger partial charge in [-0.15, -0.1) is 0 Å². The lowest BCUT2D eigenvalue weighted by Gasteiger charge is -2.47. The quantitative estimate of drug-likeness (QED) is 0.751. The van der Waals surface area contributed by atoms with Gasteiger partial charge in [-0.3, -0.25) is 9.80 Å². The molecule has 0 radical (unpaired) electrons. The Labute approximate surface area is 132 Å². The average Bonchev–Trinajstić information content (AvgIpc) is 3.06. The monoisotopic (exact) mass is 292 g/mol. The molecule has 122 valence electrons. The van der Waals surface area contributed by atoms with Crippen LogP contribution in [0.1, 0.15) is 72.1 Å². The first kappa shape index (κ1) is 15.8. The molecule has 0 N–H and O–H groups in total. The molecule has 0 spiro atoms. The predicted molar refractivity (Wildman–Crippen MR) is 90.6 cm³/mol. The average molecular weight is 293 g/mol. The molecule has 3 aliphatic rings. The molecule has 2 aliphatic heterocycles. The van der Waals surface area contributed by atoms with Crippen LogP contribution in [-0.4, -0.2) is 48.1 Å². The third-order valence-electron chi connectivity index (χ3n) is 6.42. The van der Waals surface area contributed by atoms with Crippen LogP contribution in [0.3, 0.4) is 0 Å². The van der Waals surface area contributed by atoms with E-state index in [4.69, 9.17) is 0 Å². The first-order chi connectivity index (χ1) is 10.1. The van der Waals surface area contributed by atoms with Gasteiger partial charge < -0.3 is 0 Å². The van der Waals surface area contributed by atoms with Crippen molar-refractivity contribution in [3.05, 3.63) is 0 Å². The van der Waals surface area contributed by atoms with Crippen molar-refractivity contribution >= 4 is 0 Å². The molecular formula is C19H36N2. The lowest BCUT2D eigenvalue weighted by molar-refractivity contribution is 0.0123. The molecular weight excluding hydrogens is 256 g/mol. The number of hydrogen-bond acceptors (Lipinski definition) is 2. The summed E-state index contributed by atoms with van der Waals surface area (Å²) in [5.74, 6) is 0.857. The van der Waals surface area contributed by atoms with E-state index in [1.165, 1.54) is 77.5 Å². The largest absolute Gasteiger partial charge is 0.298 e. The molecule has 2 saturated heterocycles. The Kier molecular flexibility index (Phi) is 4.95. The van der Waals surface area contributed by atoms with Crippen LogP contribution in [0.2, 0.25) is 0 Å². The van der Waals surface area contributed by atoms with Gasteiger partial charge in [-0.1, -0.05) is 33.6 Å². The van der Waals surface area contributed by atoms with Gasteiger partial charge >= 0.3 is 0 Å². The zero-order chi connectivity index (χ0) is 14.9. The molecule has 1 aliphatic carbocycles. The second kappa shape index (κ2) is 6.58. The van der Waals surface area contributed by atoms with Gasteiger partial charge in [0.1, 0.15) is 0 Å². The molecule has 3 rings (SSSR count). The van der Waals surface area contributed by atoms with E-state index in [0.29, 0.717) is 5.41 Å². The number of rotatable bonds is 5. The summed E-state index contributed by atoms with van der Waals surface area (Å²) in [6, 6.07) is 1.70.